The number of hydrogen-bond acceptors (Lipinski definition) is 18. The third-order valence-electron chi connectivity index (χ3n) is 14.1. The van der Waals surface area contributed by atoms with Crippen LogP contribution in [-0.4, -0.2) is 130 Å². The number of anilines is 5. The SMILES string of the molecule is CC(C)Oc1cc(F)c(N)cc1-n1nnn(C)c1=O.CC(C)Oc1cc(F)c(Nc2ncc(F)c(N[C@@H]3C[C@@H]4CCCN4C(C)(C)C3)n2)cc1-n1nnn(C)c1=O.CC1(C)C[C@H](Nc2nc(Cl)ncc2F)C[C@@H]2CCCN21. The normalized spacial score (nSPS) is 20.6. The van der Waals surface area contributed by atoms with Crippen LogP contribution in [0.15, 0.2) is 46.2 Å². The van der Waals surface area contributed by atoms with Gasteiger partial charge in [0.15, 0.2) is 29.1 Å². The number of hydrogen-bond donors (Lipinski definition) is 4. The Morgan fingerprint density at radius 3 is 1.61 bits per heavy atom. The molecule has 0 radical (unpaired) electrons. The minimum atomic E-state index is -0.667. The molecule has 416 valence electrons. The van der Waals surface area contributed by atoms with Gasteiger partial charge >= 0.3 is 11.4 Å². The smallest absolute Gasteiger partial charge is 0.368 e. The first kappa shape index (κ1) is 56.3. The maximum atomic E-state index is 15.1. The predicted molar refractivity (Wildman–Crippen MR) is 282 cm³/mol. The lowest BCUT2D eigenvalue weighted by atomic mass is 9.84. The molecule has 4 aliphatic heterocycles. The molecular weight excluding hydrogens is 1030 g/mol. The molecule has 77 heavy (non-hydrogen) atoms. The van der Waals surface area contributed by atoms with Crippen LogP contribution in [0.3, 0.4) is 0 Å². The number of nitrogens with zero attached hydrogens (tertiary/aromatic N) is 14. The molecule has 22 nitrogen and oxygen atoms in total. The molecule has 0 aliphatic carbocycles. The van der Waals surface area contributed by atoms with Gasteiger partial charge < -0.3 is 31.2 Å². The van der Waals surface area contributed by atoms with Crippen LogP contribution in [0.25, 0.3) is 11.4 Å². The van der Waals surface area contributed by atoms with Crippen molar-refractivity contribution in [3.63, 3.8) is 0 Å². The second-order valence-electron chi connectivity index (χ2n) is 21.6. The maximum absolute atomic E-state index is 15.1. The van der Waals surface area contributed by atoms with Gasteiger partial charge in [0, 0.05) is 61.5 Å². The van der Waals surface area contributed by atoms with E-state index < -0.39 is 34.6 Å². The van der Waals surface area contributed by atoms with Crippen molar-refractivity contribution in [2.24, 2.45) is 14.1 Å². The number of fused-ring (bicyclic) bond motifs is 2. The van der Waals surface area contributed by atoms with Gasteiger partial charge in [-0.15, -0.1) is 0 Å². The molecule has 4 atom stereocenters. The lowest BCUT2D eigenvalue weighted by Crippen LogP contribution is -2.55. The molecule has 6 aromatic rings. The van der Waals surface area contributed by atoms with E-state index in [4.69, 9.17) is 26.8 Å². The van der Waals surface area contributed by atoms with E-state index >= 15 is 4.39 Å². The number of nitrogens with two attached hydrogens (primary N) is 1. The van der Waals surface area contributed by atoms with E-state index in [0.717, 1.165) is 81.9 Å². The lowest BCUT2D eigenvalue weighted by Gasteiger charge is -2.47. The molecular formula is C50H67ClF4N18O4. The summed E-state index contributed by atoms with van der Waals surface area (Å²) < 4.78 is 72.4. The molecule has 0 amide bonds. The summed E-state index contributed by atoms with van der Waals surface area (Å²) in [4.78, 5) is 45.4. The molecule has 4 aromatic heterocycles. The number of rotatable bonds is 12. The Balaban J connectivity index is 0.000000169. The Kier molecular flexibility index (Phi) is 16.8. The summed E-state index contributed by atoms with van der Waals surface area (Å²) in [7, 11) is 2.91. The third-order valence-corrected chi connectivity index (χ3v) is 14.2. The molecule has 5 N–H and O–H groups in total. The van der Waals surface area contributed by atoms with Crippen molar-refractivity contribution in [1.82, 2.24) is 69.3 Å². The molecule has 27 heteroatoms. The summed E-state index contributed by atoms with van der Waals surface area (Å²) >= 11 is 5.74. The van der Waals surface area contributed by atoms with E-state index in [-0.39, 0.29) is 92.5 Å². The quantitative estimate of drug-likeness (QED) is 0.0551. The maximum Gasteiger partial charge on any atom is 0.368 e. The topological polar surface area (TPSA) is 244 Å². The van der Waals surface area contributed by atoms with Crippen LogP contribution < -0.4 is 42.5 Å². The first-order valence-electron chi connectivity index (χ1n) is 25.7. The Bertz CT molecular complexity index is 3180. The van der Waals surface area contributed by atoms with Crippen molar-refractivity contribution in [3.05, 3.63) is 86.2 Å². The Morgan fingerprint density at radius 1 is 0.662 bits per heavy atom. The van der Waals surface area contributed by atoms with Crippen LogP contribution in [0.1, 0.15) is 107 Å². The highest BCUT2D eigenvalue weighted by molar-refractivity contribution is 6.28. The van der Waals surface area contributed by atoms with E-state index in [2.05, 4.69) is 94.2 Å². The lowest BCUT2D eigenvalue weighted by molar-refractivity contribution is 0.0498. The predicted octanol–water partition coefficient (Wildman–Crippen LogP) is 6.94. The van der Waals surface area contributed by atoms with Gasteiger partial charge in [-0.1, -0.05) is 0 Å². The highest BCUT2D eigenvalue weighted by Crippen LogP contribution is 2.40. The molecule has 0 unspecified atom stereocenters. The Hall–Kier alpha value is -6.93. The van der Waals surface area contributed by atoms with Gasteiger partial charge in [0.1, 0.15) is 28.7 Å². The monoisotopic (exact) mass is 1090 g/mol. The zero-order valence-corrected chi connectivity index (χ0v) is 45.6. The zero-order chi connectivity index (χ0) is 55.7. The number of halogens is 5. The largest absolute Gasteiger partial charge is 0.489 e. The summed E-state index contributed by atoms with van der Waals surface area (Å²) in [5.74, 6) is -1.73. The van der Waals surface area contributed by atoms with Crippen LogP contribution in [0.5, 0.6) is 11.5 Å². The van der Waals surface area contributed by atoms with E-state index in [1.165, 1.54) is 52.0 Å². The summed E-state index contributed by atoms with van der Waals surface area (Å²) in [6, 6.07) is 6.26. The number of piperidine rings is 2. The second kappa shape index (κ2) is 23.0. The van der Waals surface area contributed by atoms with Crippen molar-refractivity contribution in [1.29, 1.82) is 0 Å². The molecule has 4 aliphatic rings. The summed E-state index contributed by atoms with van der Waals surface area (Å²) in [5, 5.41) is 24.2. The molecule has 0 spiro atoms. The number of tetrazole rings is 2. The fourth-order valence-corrected chi connectivity index (χ4v) is 11.0. The van der Waals surface area contributed by atoms with Crippen molar-refractivity contribution < 1.29 is 27.0 Å². The van der Waals surface area contributed by atoms with Crippen LogP contribution in [0, 0.1) is 23.3 Å². The van der Waals surface area contributed by atoms with Crippen LogP contribution in [-0.2, 0) is 14.1 Å². The number of aromatic nitrogens is 12. The molecule has 4 saturated heterocycles. The molecule has 2 aromatic carbocycles. The third kappa shape index (κ3) is 12.9. The highest BCUT2D eigenvalue weighted by Gasteiger charge is 2.44. The highest BCUT2D eigenvalue weighted by atomic mass is 35.5. The average Bonchev–Trinajstić information content (AvgIpc) is 4.18. The molecule has 0 saturated carbocycles. The molecule has 8 heterocycles. The van der Waals surface area contributed by atoms with E-state index in [1.54, 1.807) is 27.7 Å². The average molecular weight is 1100 g/mol. The second-order valence-corrected chi connectivity index (χ2v) is 21.9. The molecule has 10 rings (SSSR count). The van der Waals surface area contributed by atoms with Crippen molar-refractivity contribution in [2.75, 3.05) is 34.8 Å². The summed E-state index contributed by atoms with van der Waals surface area (Å²) in [6.07, 6.45) is 10.3. The first-order chi connectivity index (χ1) is 36.4. The minimum absolute atomic E-state index is 0.000309. The van der Waals surface area contributed by atoms with Crippen LogP contribution >= 0.6 is 11.6 Å². The van der Waals surface area contributed by atoms with Gasteiger partial charge in [0.05, 0.1) is 36.0 Å². The summed E-state index contributed by atoms with van der Waals surface area (Å²) in [6.45, 7) is 18.4. The van der Waals surface area contributed by atoms with Crippen LogP contribution in [0.2, 0.25) is 5.28 Å². The Morgan fingerprint density at radius 2 is 1.13 bits per heavy atom. The Labute approximate surface area is 447 Å². The number of nitrogen functional groups attached to an aromatic ring is 1. The van der Waals surface area contributed by atoms with Crippen molar-refractivity contribution in [3.8, 4) is 22.9 Å². The number of benzene rings is 2. The van der Waals surface area contributed by atoms with E-state index in [0.29, 0.717) is 12.1 Å². The molecule has 4 fully saturated rings. The van der Waals surface area contributed by atoms with Gasteiger partial charge in [-0.25, -0.2) is 37.1 Å². The van der Waals surface area contributed by atoms with Gasteiger partial charge in [0.25, 0.3) is 0 Å². The fourth-order valence-electron chi connectivity index (χ4n) is 10.9. The number of ether oxygens (including phenoxy) is 2. The van der Waals surface area contributed by atoms with Gasteiger partial charge in [-0.05, 0) is 164 Å². The summed E-state index contributed by atoms with van der Waals surface area (Å²) in [5.41, 5.74) is 4.97. The fraction of sp³-hybridized carbons (Fsp3) is 0.560. The standard InChI is InChI=1S/C25H33F2N9O2.C14H20ClFN4.C11H14FN5O2/c1-14(2)38-21-10-17(26)19(11-20(21)36-24(37)34(5)32-33-36)30-23-28-13-18(27)22(31-23)29-15-9-16-7-6-8-35(16)25(3,4)12-15;1-14(2)7-9(6-10-4-3-5-20(10)14)18-12-11(16)8-17-13(15)19-12;1-6(2)19-10-4-7(12)8(13)5-9(10)17-11(18)16(3)14-15-17/h10-11,13-16H,6-9,12H2,1-5H3,(H2,28,29,30,31);8-10H,3-7H2,1-2H3,(H,17,18,19);4-6H,13H2,1-3H3/t15-,16+;9-,10+;/m11./s1. The van der Waals surface area contributed by atoms with E-state index in [9.17, 15) is 22.8 Å². The van der Waals surface area contributed by atoms with Crippen LogP contribution in [0.4, 0.5) is 46.5 Å². The number of aryl methyl sites for hydroxylation is 2. The van der Waals surface area contributed by atoms with Crippen molar-refractivity contribution >= 4 is 40.6 Å². The van der Waals surface area contributed by atoms with Gasteiger partial charge in [0.2, 0.25) is 11.2 Å². The van der Waals surface area contributed by atoms with E-state index in [1.807, 2.05) is 0 Å². The van der Waals surface area contributed by atoms with Gasteiger partial charge in [-0.3, -0.25) is 9.80 Å². The molecule has 0 bridgehead atoms. The van der Waals surface area contributed by atoms with Crippen molar-refractivity contribution in [2.45, 2.75) is 154 Å². The zero-order valence-electron chi connectivity index (χ0n) is 44.9. The minimum Gasteiger partial charge on any atom is -0.489 e. The van der Waals surface area contributed by atoms with Gasteiger partial charge in [-0.2, -0.15) is 28.7 Å². The number of nitrogens with one attached hydrogen (secondary N) is 3. The first-order valence-corrected chi connectivity index (χ1v) is 26.0.